The summed E-state index contributed by atoms with van der Waals surface area (Å²) in [7, 11) is 0. The van der Waals surface area contributed by atoms with E-state index in [0.717, 1.165) is 31.0 Å². The van der Waals surface area contributed by atoms with Crippen LogP contribution in [0.1, 0.15) is 24.4 Å². The first kappa shape index (κ1) is 12.2. The third-order valence-electron chi connectivity index (χ3n) is 2.69. The first-order valence-electron chi connectivity index (χ1n) is 5.17. The third kappa shape index (κ3) is 3.09. The number of ether oxygens (including phenoxy) is 1. The van der Waals surface area contributed by atoms with E-state index in [1.165, 1.54) is 0 Å². The van der Waals surface area contributed by atoms with Crippen molar-refractivity contribution in [3.63, 3.8) is 0 Å². The van der Waals surface area contributed by atoms with Gasteiger partial charge in [0.15, 0.2) is 0 Å². The molecule has 6 heteroatoms. The first-order chi connectivity index (χ1) is 7.87. The average molecular weight is 249 g/mol. The molecule has 0 aromatic heterocycles. The van der Waals surface area contributed by atoms with E-state index in [2.05, 4.69) is 4.74 Å². The van der Waals surface area contributed by atoms with Crippen LogP contribution >= 0.6 is 0 Å². The Balaban J connectivity index is 2.22. The largest absolute Gasteiger partial charge is 0.573 e. The molecule has 2 N–H and O–H groups in total. The highest BCUT2D eigenvalue weighted by Crippen LogP contribution is 2.41. The number of halogens is 4. The monoisotopic (exact) mass is 249 g/mol. The van der Waals surface area contributed by atoms with Crippen LogP contribution < -0.4 is 10.5 Å². The van der Waals surface area contributed by atoms with E-state index in [1.54, 1.807) is 0 Å². The number of alkyl halides is 3. The standard InChI is InChI=1S/C11H11F4NO/c12-9-4-3-7(17-11(13,14)15)5-8(9)10(16)6-1-2-6/h3-6,10H,1-2,16H2/t10-/m0/s1. The smallest absolute Gasteiger partial charge is 0.406 e. The van der Waals surface area contributed by atoms with E-state index < -0.39 is 24.0 Å². The summed E-state index contributed by atoms with van der Waals surface area (Å²) in [5.74, 6) is -0.880. The second-order valence-corrected chi connectivity index (χ2v) is 4.09. The summed E-state index contributed by atoms with van der Waals surface area (Å²) in [6.07, 6.45) is -3.02. The van der Waals surface area contributed by atoms with E-state index >= 15 is 0 Å². The Morgan fingerprint density at radius 1 is 1.29 bits per heavy atom. The van der Waals surface area contributed by atoms with Gasteiger partial charge in [-0.25, -0.2) is 4.39 Å². The number of hydrogen-bond acceptors (Lipinski definition) is 2. The summed E-state index contributed by atoms with van der Waals surface area (Å²) in [5.41, 5.74) is 5.83. The fraction of sp³-hybridized carbons (Fsp3) is 0.455. The van der Waals surface area contributed by atoms with E-state index in [1.807, 2.05) is 0 Å². The van der Waals surface area contributed by atoms with Crippen LogP contribution in [0.4, 0.5) is 17.6 Å². The number of hydrogen-bond donors (Lipinski definition) is 1. The van der Waals surface area contributed by atoms with Crippen LogP contribution in [0.25, 0.3) is 0 Å². The van der Waals surface area contributed by atoms with Gasteiger partial charge in [-0.1, -0.05) is 0 Å². The summed E-state index contributed by atoms with van der Waals surface area (Å²) in [4.78, 5) is 0. The molecule has 17 heavy (non-hydrogen) atoms. The van der Waals surface area contributed by atoms with Crippen LogP contribution in [-0.4, -0.2) is 6.36 Å². The molecule has 1 aromatic rings. The molecule has 1 aliphatic carbocycles. The molecule has 0 bridgehead atoms. The lowest BCUT2D eigenvalue weighted by Crippen LogP contribution is -2.18. The van der Waals surface area contributed by atoms with Gasteiger partial charge in [0, 0.05) is 11.6 Å². The zero-order valence-corrected chi connectivity index (χ0v) is 8.80. The molecule has 1 aliphatic rings. The van der Waals surface area contributed by atoms with Crippen molar-refractivity contribution in [2.75, 3.05) is 0 Å². The Morgan fingerprint density at radius 2 is 1.94 bits per heavy atom. The molecule has 0 amide bonds. The van der Waals surface area contributed by atoms with Crippen molar-refractivity contribution >= 4 is 0 Å². The molecule has 0 saturated heterocycles. The van der Waals surface area contributed by atoms with Gasteiger partial charge in [-0.3, -0.25) is 0 Å². The van der Waals surface area contributed by atoms with Crippen LogP contribution in [0.2, 0.25) is 0 Å². The predicted molar refractivity (Wildman–Crippen MR) is 52.7 cm³/mol. The third-order valence-corrected chi connectivity index (χ3v) is 2.69. The van der Waals surface area contributed by atoms with Gasteiger partial charge in [-0.2, -0.15) is 0 Å². The molecule has 2 rings (SSSR count). The lowest BCUT2D eigenvalue weighted by Gasteiger charge is -2.14. The van der Waals surface area contributed by atoms with Crippen molar-refractivity contribution < 1.29 is 22.3 Å². The zero-order chi connectivity index (χ0) is 12.6. The minimum absolute atomic E-state index is 0.0780. The molecule has 0 radical (unpaired) electrons. The average Bonchev–Trinajstić information content (AvgIpc) is 3.01. The normalized spacial score (nSPS) is 17.9. The molecule has 1 aromatic carbocycles. The van der Waals surface area contributed by atoms with Gasteiger partial charge in [-0.05, 0) is 37.0 Å². The topological polar surface area (TPSA) is 35.2 Å². The fourth-order valence-corrected chi connectivity index (χ4v) is 1.68. The van der Waals surface area contributed by atoms with Crippen molar-refractivity contribution in [3.05, 3.63) is 29.6 Å². The van der Waals surface area contributed by atoms with Crippen molar-refractivity contribution in [1.82, 2.24) is 0 Å². The van der Waals surface area contributed by atoms with E-state index in [9.17, 15) is 17.6 Å². The minimum atomic E-state index is -4.78. The van der Waals surface area contributed by atoms with Gasteiger partial charge in [0.05, 0.1) is 0 Å². The second-order valence-electron chi connectivity index (χ2n) is 4.09. The van der Waals surface area contributed by atoms with Crippen LogP contribution in [0, 0.1) is 11.7 Å². The minimum Gasteiger partial charge on any atom is -0.406 e. The van der Waals surface area contributed by atoms with Gasteiger partial charge in [-0.15, -0.1) is 13.2 Å². The van der Waals surface area contributed by atoms with E-state index in [-0.39, 0.29) is 11.5 Å². The maximum absolute atomic E-state index is 13.4. The van der Waals surface area contributed by atoms with Crippen LogP contribution in [0.15, 0.2) is 18.2 Å². The highest BCUT2D eigenvalue weighted by Gasteiger charge is 2.33. The van der Waals surface area contributed by atoms with Gasteiger partial charge in [0.1, 0.15) is 11.6 Å². The second kappa shape index (κ2) is 4.18. The lowest BCUT2D eigenvalue weighted by atomic mass is 10.0. The molecule has 0 spiro atoms. The Labute approximate surface area is 95.4 Å². The zero-order valence-electron chi connectivity index (χ0n) is 8.80. The molecule has 1 atom stereocenters. The quantitative estimate of drug-likeness (QED) is 0.835. The van der Waals surface area contributed by atoms with Crippen molar-refractivity contribution in [1.29, 1.82) is 0 Å². The van der Waals surface area contributed by atoms with E-state index in [4.69, 9.17) is 5.73 Å². The predicted octanol–water partition coefficient (Wildman–Crippen LogP) is 3.13. The fourth-order valence-electron chi connectivity index (χ4n) is 1.68. The van der Waals surface area contributed by atoms with Crippen molar-refractivity contribution in [2.45, 2.75) is 25.2 Å². The Hall–Kier alpha value is -1.30. The number of benzene rings is 1. The molecule has 0 aliphatic heterocycles. The summed E-state index contributed by atoms with van der Waals surface area (Å²) >= 11 is 0. The maximum Gasteiger partial charge on any atom is 0.573 e. The van der Waals surface area contributed by atoms with Crippen LogP contribution in [0.3, 0.4) is 0 Å². The Morgan fingerprint density at radius 3 is 2.47 bits per heavy atom. The molecule has 2 nitrogen and oxygen atoms in total. The molecule has 0 unspecified atom stereocenters. The van der Waals surface area contributed by atoms with E-state index in [0.29, 0.717) is 0 Å². The van der Waals surface area contributed by atoms with Gasteiger partial charge in [0.25, 0.3) is 0 Å². The summed E-state index contributed by atoms with van der Waals surface area (Å²) in [6, 6.07) is 2.34. The highest BCUT2D eigenvalue weighted by atomic mass is 19.4. The van der Waals surface area contributed by atoms with Gasteiger partial charge < -0.3 is 10.5 Å². The SMILES string of the molecule is N[C@H](c1cc(OC(F)(F)F)ccc1F)C1CC1. The summed E-state index contributed by atoms with van der Waals surface area (Å²) in [5, 5.41) is 0. The van der Waals surface area contributed by atoms with Crippen LogP contribution in [-0.2, 0) is 0 Å². The number of rotatable bonds is 3. The molecule has 1 fully saturated rings. The molecule has 94 valence electrons. The van der Waals surface area contributed by atoms with Gasteiger partial charge >= 0.3 is 6.36 Å². The van der Waals surface area contributed by atoms with Crippen LogP contribution in [0.5, 0.6) is 5.75 Å². The van der Waals surface area contributed by atoms with Gasteiger partial charge in [0.2, 0.25) is 0 Å². The maximum atomic E-state index is 13.4. The molecule has 0 heterocycles. The first-order valence-corrected chi connectivity index (χ1v) is 5.17. The summed E-state index contributed by atoms with van der Waals surface area (Å²) in [6.45, 7) is 0. The molecule has 1 saturated carbocycles. The van der Waals surface area contributed by atoms with Crippen molar-refractivity contribution in [3.8, 4) is 5.75 Å². The number of nitrogens with two attached hydrogens (primary N) is 1. The van der Waals surface area contributed by atoms with Crippen molar-refractivity contribution in [2.24, 2.45) is 11.7 Å². The Bertz CT molecular complexity index is 414. The Kier molecular flexibility index (Phi) is 2.99. The molecular weight excluding hydrogens is 238 g/mol. The highest BCUT2D eigenvalue weighted by molar-refractivity contribution is 5.32. The lowest BCUT2D eigenvalue weighted by molar-refractivity contribution is -0.274. The summed E-state index contributed by atoms with van der Waals surface area (Å²) < 4.78 is 53.1. The molecular formula is C11H11F4NO.